The van der Waals surface area contributed by atoms with Crippen molar-refractivity contribution in [2.75, 3.05) is 11.9 Å². The molecular formula is C12H20N4O2S. The molecule has 0 radical (unpaired) electrons. The minimum absolute atomic E-state index is 0.155. The number of carbonyl (C=O) groups is 1. The second-order valence-corrected chi connectivity index (χ2v) is 5.75. The fourth-order valence-electron chi connectivity index (χ4n) is 2.13. The van der Waals surface area contributed by atoms with Gasteiger partial charge in [-0.05, 0) is 19.3 Å². The van der Waals surface area contributed by atoms with Gasteiger partial charge in [0.2, 0.25) is 10.1 Å². The predicted molar refractivity (Wildman–Crippen MR) is 74.4 cm³/mol. The maximum Gasteiger partial charge on any atom is 0.282 e. The molecule has 1 saturated carbocycles. The number of carbonyl (C=O) groups excluding carboxylic acids is 1. The molecule has 1 aromatic rings. The Balaban J connectivity index is 1.90. The van der Waals surface area contributed by atoms with Crippen LogP contribution in [0.25, 0.3) is 0 Å². The highest BCUT2D eigenvalue weighted by molar-refractivity contribution is 7.17. The quantitative estimate of drug-likeness (QED) is 0.760. The Morgan fingerprint density at radius 1 is 1.42 bits per heavy atom. The van der Waals surface area contributed by atoms with Crippen LogP contribution in [0.15, 0.2) is 0 Å². The van der Waals surface area contributed by atoms with Crippen LogP contribution in [0.2, 0.25) is 0 Å². The van der Waals surface area contributed by atoms with Crippen LogP contribution in [-0.4, -0.2) is 39.9 Å². The van der Waals surface area contributed by atoms with Gasteiger partial charge < -0.3 is 15.7 Å². The average molecular weight is 284 g/mol. The minimum atomic E-state index is -0.441. The Bertz CT molecular complexity index is 424. The zero-order valence-electron chi connectivity index (χ0n) is 11.1. The van der Waals surface area contributed by atoms with E-state index in [-0.39, 0.29) is 11.9 Å². The molecule has 106 valence electrons. The topological polar surface area (TPSA) is 87.1 Å². The lowest BCUT2D eigenvalue weighted by Crippen LogP contribution is -2.45. The second kappa shape index (κ2) is 6.81. The van der Waals surface area contributed by atoms with E-state index in [2.05, 4.69) is 27.8 Å². The molecule has 1 amide bonds. The summed E-state index contributed by atoms with van der Waals surface area (Å²) in [5, 5.41) is 24.6. The molecule has 1 fully saturated rings. The summed E-state index contributed by atoms with van der Waals surface area (Å²) in [5.74, 6) is -0.243. The van der Waals surface area contributed by atoms with Crippen molar-refractivity contribution >= 4 is 22.4 Å². The molecule has 1 aliphatic carbocycles. The monoisotopic (exact) mass is 284 g/mol. The first-order valence-corrected chi connectivity index (χ1v) is 7.58. The molecule has 6 nitrogen and oxygen atoms in total. The molecule has 1 aromatic heterocycles. The van der Waals surface area contributed by atoms with Gasteiger partial charge in [-0.2, -0.15) is 0 Å². The van der Waals surface area contributed by atoms with E-state index < -0.39 is 6.10 Å². The van der Waals surface area contributed by atoms with Gasteiger partial charge >= 0.3 is 0 Å². The van der Waals surface area contributed by atoms with Gasteiger partial charge in [0.15, 0.2) is 0 Å². The smallest absolute Gasteiger partial charge is 0.282 e. The van der Waals surface area contributed by atoms with Crippen molar-refractivity contribution in [3.05, 3.63) is 5.01 Å². The fourth-order valence-corrected chi connectivity index (χ4v) is 2.80. The van der Waals surface area contributed by atoms with Crippen LogP contribution in [0.3, 0.4) is 0 Å². The summed E-state index contributed by atoms with van der Waals surface area (Å²) < 4.78 is 0. The second-order valence-electron chi connectivity index (χ2n) is 4.77. The van der Waals surface area contributed by atoms with Gasteiger partial charge in [0.05, 0.1) is 12.1 Å². The summed E-state index contributed by atoms with van der Waals surface area (Å²) >= 11 is 1.24. The maximum absolute atomic E-state index is 12.0. The average Bonchev–Trinajstić information content (AvgIpc) is 2.88. The molecule has 1 aliphatic rings. The molecule has 1 heterocycles. The normalized spacial score (nSPS) is 23.1. The summed E-state index contributed by atoms with van der Waals surface area (Å²) in [4.78, 5) is 12.0. The Labute approximate surface area is 116 Å². The number of nitrogens with one attached hydrogen (secondary N) is 2. The molecule has 19 heavy (non-hydrogen) atoms. The van der Waals surface area contributed by atoms with Crippen LogP contribution < -0.4 is 10.6 Å². The van der Waals surface area contributed by atoms with Crippen molar-refractivity contribution in [1.82, 2.24) is 15.5 Å². The number of rotatable bonds is 5. The van der Waals surface area contributed by atoms with E-state index in [0.29, 0.717) is 10.1 Å². The molecule has 0 spiro atoms. The molecular weight excluding hydrogens is 264 g/mol. The van der Waals surface area contributed by atoms with Gasteiger partial charge in [0.1, 0.15) is 0 Å². The lowest BCUT2D eigenvalue weighted by Gasteiger charge is -2.27. The zero-order valence-corrected chi connectivity index (χ0v) is 11.9. The highest BCUT2D eigenvalue weighted by Crippen LogP contribution is 2.20. The molecule has 2 rings (SSSR count). The van der Waals surface area contributed by atoms with Crippen molar-refractivity contribution in [2.45, 2.75) is 51.2 Å². The van der Waals surface area contributed by atoms with Crippen LogP contribution in [-0.2, 0) is 0 Å². The molecule has 0 bridgehead atoms. The van der Waals surface area contributed by atoms with Crippen LogP contribution >= 0.6 is 11.3 Å². The molecule has 0 aromatic carbocycles. The lowest BCUT2D eigenvalue weighted by atomic mass is 9.92. The van der Waals surface area contributed by atoms with Gasteiger partial charge in [-0.25, -0.2) is 0 Å². The van der Waals surface area contributed by atoms with Crippen molar-refractivity contribution in [2.24, 2.45) is 0 Å². The van der Waals surface area contributed by atoms with E-state index in [9.17, 15) is 9.90 Å². The SMILES string of the molecule is CCCNc1nnc(C(=O)NC2CCCCC2O)s1. The molecule has 3 N–H and O–H groups in total. The van der Waals surface area contributed by atoms with Crippen LogP contribution in [0, 0.1) is 0 Å². The lowest BCUT2D eigenvalue weighted by molar-refractivity contribution is 0.0716. The van der Waals surface area contributed by atoms with Crippen LogP contribution in [0.4, 0.5) is 5.13 Å². The molecule has 0 aliphatic heterocycles. The fraction of sp³-hybridized carbons (Fsp3) is 0.750. The number of amides is 1. The summed E-state index contributed by atoms with van der Waals surface area (Å²) in [6.45, 7) is 2.88. The molecule has 7 heteroatoms. The maximum atomic E-state index is 12.0. The summed E-state index contributed by atoms with van der Waals surface area (Å²) in [7, 11) is 0. The summed E-state index contributed by atoms with van der Waals surface area (Å²) in [6, 6.07) is -0.155. The number of aromatic nitrogens is 2. The molecule has 0 saturated heterocycles. The van der Waals surface area contributed by atoms with Gasteiger partial charge in [-0.3, -0.25) is 4.79 Å². The zero-order chi connectivity index (χ0) is 13.7. The largest absolute Gasteiger partial charge is 0.391 e. The number of hydrogen-bond acceptors (Lipinski definition) is 6. The Morgan fingerprint density at radius 3 is 2.95 bits per heavy atom. The van der Waals surface area contributed by atoms with E-state index in [1.165, 1.54) is 11.3 Å². The van der Waals surface area contributed by atoms with E-state index in [1.54, 1.807) is 0 Å². The summed E-state index contributed by atoms with van der Waals surface area (Å²) in [5.41, 5.74) is 0. The first-order valence-electron chi connectivity index (χ1n) is 6.77. The molecule has 2 unspecified atom stereocenters. The Kier molecular flexibility index (Phi) is 5.09. The van der Waals surface area contributed by atoms with Gasteiger partial charge in [0.25, 0.3) is 5.91 Å². The first kappa shape index (κ1) is 14.2. The summed E-state index contributed by atoms with van der Waals surface area (Å²) in [6.07, 6.45) is 4.20. The standard InChI is InChI=1S/C12H20N4O2S/c1-2-7-13-12-16-15-11(19-12)10(18)14-8-5-3-4-6-9(8)17/h8-9,17H,2-7H2,1H3,(H,13,16)(H,14,18). The van der Waals surface area contributed by atoms with E-state index >= 15 is 0 Å². The van der Waals surface area contributed by atoms with Gasteiger partial charge in [-0.15, -0.1) is 10.2 Å². The number of anilines is 1. The number of nitrogens with zero attached hydrogens (tertiary/aromatic N) is 2. The van der Waals surface area contributed by atoms with Crippen LogP contribution in [0.1, 0.15) is 48.8 Å². The van der Waals surface area contributed by atoms with E-state index in [0.717, 1.165) is 38.6 Å². The highest BCUT2D eigenvalue weighted by atomic mass is 32.1. The van der Waals surface area contributed by atoms with Crippen molar-refractivity contribution in [3.63, 3.8) is 0 Å². The minimum Gasteiger partial charge on any atom is -0.391 e. The predicted octanol–water partition coefficient (Wildman–Crippen LogP) is 1.39. The van der Waals surface area contributed by atoms with E-state index in [1.807, 2.05) is 0 Å². The van der Waals surface area contributed by atoms with Crippen molar-refractivity contribution in [1.29, 1.82) is 0 Å². The molecule has 2 atom stereocenters. The van der Waals surface area contributed by atoms with Gasteiger partial charge in [-0.1, -0.05) is 31.1 Å². The van der Waals surface area contributed by atoms with Gasteiger partial charge in [0, 0.05) is 6.54 Å². The van der Waals surface area contributed by atoms with Crippen LogP contribution in [0.5, 0.6) is 0 Å². The first-order chi connectivity index (χ1) is 9.20. The third-order valence-electron chi connectivity index (χ3n) is 3.19. The third kappa shape index (κ3) is 3.87. The van der Waals surface area contributed by atoms with Crippen molar-refractivity contribution in [3.8, 4) is 0 Å². The Morgan fingerprint density at radius 2 is 2.21 bits per heavy atom. The Hall–Kier alpha value is -1.21. The number of hydrogen-bond donors (Lipinski definition) is 3. The number of aliphatic hydroxyl groups excluding tert-OH is 1. The highest BCUT2D eigenvalue weighted by Gasteiger charge is 2.26. The number of aliphatic hydroxyl groups is 1. The third-order valence-corrected chi connectivity index (χ3v) is 4.07. The van der Waals surface area contributed by atoms with E-state index in [4.69, 9.17) is 0 Å². The van der Waals surface area contributed by atoms with Crippen molar-refractivity contribution < 1.29 is 9.90 Å².